The average molecular weight is 430 g/mol. The van der Waals surface area contributed by atoms with Crippen LogP contribution >= 0.6 is 11.6 Å². The lowest BCUT2D eigenvalue weighted by Gasteiger charge is -2.38. The van der Waals surface area contributed by atoms with E-state index in [9.17, 15) is 19.1 Å². The SMILES string of the molecule is CO[C@H]1CC[C@H](N(C[C@@H](C(=O)O)c2ccc(Cl)c(F)c2)C(=O)OC(C)(C)C)CC1. The molecule has 29 heavy (non-hydrogen) atoms. The third-order valence-corrected chi connectivity index (χ3v) is 5.38. The molecular weight excluding hydrogens is 401 g/mol. The zero-order chi connectivity index (χ0) is 21.8. The molecule has 1 amide bonds. The first-order chi connectivity index (χ1) is 13.5. The van der Waals surface area contributed by atoms with Gasteiger partial charge in [-0.1, -0.05) is 17.7 Å². The van der Waals surface area contributed by atoms with Gasteiger partial charge >= 0.3 is 12.1 Å². The largest absolute Gasteiger partial charge is 0.481 e. The Morgan fingerprint density at radius 2 is 1.90 bits per heavy atom. The lowest BCUT2D eigenvalue weighted by molar-refractivity contribution is -0.139. The molecule has 0 radical (unpaired) electrons. The molecule has 0 spiro atoms. The van der Waals surface area contributed by atoms with Gasteiger partial charge in [0.15, 0.2) is 0 Å². The number of aliphatic carboxylic acids is 1. The van der Waals surface area contributed by atoms with Gasteiger partial charge in [0.2, 0.25) is 0 Å². The monoisotopic (exact) mass is 429 g/mol. The maximum Gasteiger partial charge on any atom is 0.410 e. The van der Waals surface area contributed by atoms with Crippen LogP contribution in [0, 0.1) is 5.82 Å². The fourth-order valence-electron chi connectivity index (χ4n) is 3.54. The van der Waals surface area contributed by atoms with Crippen molar-refractivity contribution in [2.24, 2.45) is 0 Å². The van der Waals surface area contributed by atoms with Crippen LogP contribution in [0.3, 0.4) is 0 Å². The van der Waals surface area contributed by atoms with Gasteiger partial charge in [-0.25, -0.2) is 9.18 Å². The molecule has 1 N–H and O–H groups in total. The topological polar surface area (TPSA) is 76.1 Å². The first kappa shape index (κ1) is 23.4. The average Bonchev–Trinajstić information content (AvgIpc) is 2.63. The van der Waals surface area contributed by atoms with Gasteiger partial charge in [0, 0.05) is 19.7 Å². The van der Waals surface area contributed by atoms with E-state index in [1.807, 2.05) is 0 Å². The van der Waals surface area contributed by atoms with E-state index < -0.39 is 29.4 Å². The van der Waals surface area contributed by atoms with E-state index in [0.717, 1.165) is 18.9 Å². The second-order valence-electron chi connectivity index (χ2n) is 8.36. The number of hydrogen-bond acceptors (Lipinski definition) is 4. The molecule has 162 valence electrons. The molecule has 1 aliphatic carbocycles. The number of ether oxygens (including phenoxy) is 2. The van der Waals surface area contributed by atoms with Gasteiger partial charge in [0.1, 0.15) is 11.4 Å². The molecule has 0 saturated heterocycles. The summed E-state index contributed by atoms with van der Waals surface area (Å²) in [5, 5.41) is 9.69. The molecule has 1 aromatic carbocycles. The molecule has 1 fully saturated rings. The number of methoxy groups -OCH3 is 1. The van der Waals surface area contributed by atoms with Crippen molar-refractivity contribution >= 4 is 23.7 Å². The Morgan fingerprint density at radius 1 is 1.28 bits per heavy atom. The Hall–Kier alpha value is -1.86. The molecule has 1 atom stereocenters. The minimum Gasteiger partial charge on any atom is -0.481 e. The van der Waals surface area contributed by atoms with E-state index in [2.05, 4.69) is 0 Å². The smallest absolute Gasteiger partial charge is 0.410 e. The summed E-state index contributed by atoms with van der Waals surface area (Å²) in [4.78, 5) is 26.3. The molecule has 1 saturated carbocycles. The van der Waals surface area contributed by atoms with Crippen LogP contribution in [0.5, 0.6) is 0 Å². The molecule has 0 unspecified atom stereocenters. The molecule has 0 aromatic heterocycles. The summed E-state index contributed by atoms with van der Waals surface area (Å²) in [6.45, 7) is 5.16. The van der Waals surface area contributed by atoms with Crippen molar-refractivity contribution in [2.75, 3.05) is 13.7 Å². The lowest BCUT2D eigenvalue weighted by Crippen LogP contribution is -2.48. The second-order valence-corrected chi connectivity index (χ2v) is 8.77. The molecule has 1 aliphatic rings. The van der Waals surface area contributed by atoms with Crippen LogP contribution in [0.15, 0.2) is 18.2 Å². The van der Waals surface area contributed by atoms with Gasteiger partial charge < -0.3 is 19.5 Å². The summed E-state index contributed by atoms with van der Waals surface area (Å²) in [5.41, 5.74) is -0.469. The summed E-state index contributed by atoms with van der Waals surface area (Å²) in [6.07, 6.45) is 2.46. The van der Waals surface area contributed by atoms with Crippen molar-refractivity contribution < 1.29 is 28.6 Å². The number of hydrogen-bond donors (Lipinski definition) is 1. The van der Waals surface area contributed by atoms with Crippen LogP contribution in [0.4, 0.5) is 9.18 Å². The fraction of sp³-hybridized carbons (Fsp3) is 0.619. The molecule has 8 heteroatoms. The number of benzene rings is 1. The number of amides is 1. The number of halogens is 2. The van der Waals surface area contributed by atoms with Crippen molar-refractivity contribution in [3.05, 3.63) is 34.6 Å². The highest BCUT2D eigenvalue weighted by atomic mass is 35.5. The fourth-order valence-corrected chi connectivity index (χ4v) is 3.66. The van der Waals surface area contributed by atoms with Crippen LogP contribution < -0.4 is 0 Å². The van der Waals surface area contributed by atoms with Crippen LogP contribution in [0.2, 0.25) is 5.02 Å². The molecule has 0 heterocycles. The van der Waals surface area contributed by atoms with E-state index in [1.54, 1.807) is 27.9 Å². The molecule has 1 aromatic rings. The normalized spacial score (nSPS) is 20.8. The molecule has 6 nitrogen and oxygen atoms in total. The van der Waals surface area contributed by atoms with Crippen molar-refractivity contribution in [3.8, 4) is 0 Å². The summed E-state index contributed by atoms with van der Waals surface area (Å²) in [5.74, 6) is -2.94. The number of carbonyl (C=O) groups excluding carboxylic acids is 1. The van der Waals surface area contributed by atoms with Gasteiger partial charge in [-0.05, 0) is 64.2 Å². The first-order valence-electron chi connectivity index (χ1n) is 9.72. The van der Waals surface area contributed by atoms with Crippen LogP contribution in [-0.2, 0) is 14.3 Å². The van der Waals surface area contributed by atoms with Crippen molar-refractivity contribution in [3.63, 3.8) is 0 Å². The number of carboxylic acids is 1. The first-order valence-corrected chi connectivity index (χ1v) is 10.1. The third-order valence-electron chi connectivity index (χ3n) is 5.07. The van der Waals surface area contributed by atoms with E-state index in [4.69, 9.17) is 21.1 Å². The van der Waals surface area contributed by atoms with Gasteiger partial charge in [0.05, 0.1) is 17.0 Å². The quantitative estimate of drug-likeness (QED) is 0.700. The predicted octanol–water partition coefficient (Wildman–Crippen LogP) is 4.84. The zero-order valence-corrected chi connectivity index (χ0v) is 18.0. The Labute approximate surface area is 175 Å². The van der Waals surface area contributed by atoms with Crippen molar-refractivity contribution in [1.82, 2.24) is 4.90 Å². The van der Waals surface area contributed by atoms with Crippen LogP contribution in [0.1, 0.15) is 57.9 Å². The van der Waals surface area contributed by atoms with E-state index in [-0.39, 0.29) is 29.3 Å². The van der Waals surface area contributed by atoms with Crippen molar-refractivity contribution in [2.45, 2.75) is 70.1 Å². The van der Waals surface area contributed by atoms with Gasteiger partial charge in [-0.15, -0.1) is 0 Å². The number of nitrogens with zero attached hydrogens (tertiary/aromatic N) is 1. The van der Waals surface area contributed by atoms with E-state index >= 15 is 0 Å². The van der Waals surface area contributed by atoms with Crippen molar-refractivity contribution in [1.29, 1.82) is 0 Å². The molecule has 0 bridgehead atoms. The highest BCUT2D eigenvalue weighted by Crippen LogP contribution is 2.30. The van der Waals surface area contributed by atoms with Gasteiger partial charge in [0.25, 0.3) is 0 Å². The van der Waals surface area contributed by atoms with Crippen LogP contribution in [-0.4, -0.2) is 53.5 Å². The Balaban J connectivity index is 2.29. The standard InChI is InChI=1S/C21H29ClFNO5/c1-21(2,3)29-20(27)24(14-6-8-15(28-4)9-7-14)12-16(19(25)26)13-5-10-17(22)18(23)11-13/h5,10-11,14-16H,6-9,12H2,1-4H3,(H,25,26)/t14-,15-,16-/m1/s1. The van der Waals surface area contributed by atoms with Crippen LogP contribution in [0.25, 0.3) is 0 Å². The Morgan fingerprint density at radius 3 is 2.38 bits per heavy atom. The van der Waals surface area contributed by atoms with Gasteiger partial charge in [-0.2, -0.15) is 0 Å². The zero-order valence-electron chi connectivity index (χ0n) is 17.3. The summed E-state index contributed by atoms with van der Waals surface area (Å²) >= 11 is 5.72. The second kappa shape index (κ2) is 9.76. The summed E-state index contributed by atoms with van der Waals surface area (Å²) < 4.78 is 24.8. The molecule has 2 rings (SSSR count). The predicted molar refractivity (Wildman–Crippen MR) is 108 cm³/mol. The number of rotatable bonds is 6. The van der Waals surface area contributed by atoms with E-state index in [1.165, 1.54) is 17.0 Å². The summed E-state index contributed by atoms with van der Waals surface area (Å²) in [6, 6.07) is 3.73. The highest BCUT2D eigenvalue weighted by molar-refractivity contribution is 6.30. The lowest BCUT2D eigenvalue weighted by atomic mass is 9.90. The number of carboxylic acid groups (broad SMARTS) is 1. The van der Waals surface area contributed by atoms with Gasteiger partial charge in [-0.3, -0.25) is 4.79 Å². The Kier molecular flexibility index (Phi) is 7.88. The highest BCUT2D eigenvalue weighted by Gasteiger charge is 2.35. The Bertz CT molecular complexity index is 728. The minimum absolute atomic E-state index is 0.0835. The minimum atomic E-state index is -1.15. The number of carbonyl (C=O) groups is 2. The van der Waals surface area contributed by atoms with E-state index in [0.29, 0.717) is 12.8 Å². The maximum absolute atomic E-state index is 13.9. The summed E-state index contributed by atoms with van der Waals surface area (Å²) in [7, 11) is 1.66. The maximum atomic E-state index is 13.9. The molecule has 0 aliphatic heterocycles. The molecular formula is C21H29ClFNO5. The third kappa shape index (κ3) is 6.57.